The van der Waals surface area contributed by atoms with E-state index in [1.807, 2.05) is 27.7 Å². The molecule has 0 radical (unpaired) electrons. The van der Waals surface area contributed by atoms with Gasteiger partial charge >= 0.3 is 5.97 Å². The predicted molar refractivity (Wildman–Crippen MR) is 62.9 cm³/mol. The van der Waals surface area contributed by atoms with Gasteiger partial charge in [0.05, 0.1) is 17.3 Å². The average molecular weight is 210 g/mol. The van der Waals surface area contributed by atoms with Gasteiger partial charge in [0.2, 0.25) is 7.28 Å². The smallest absolute Gasteiger partial charge is 0.329 e. The molecule has 0 spiro atoms. The van der Waals surface area contributed by atoms with Gasteiger partial charge in [-0.1, -0.05) is 13.2 Å². The van der Waals surface area contributed by atoms with E-state index in [2.05, 4.69) is 13.2 Å². The van der Waals surface area contributed by atoms with Crippen molar-refractivity contribution in [3.8, 4) is 0 Å². The lowest BCUT2D eigenvalue weighted by Crippen LogP contribution is -2.47. The Kier molecular flexibility index (Phi) is 4.65. The monoisotopic (exact) mass is 210 g/mol. The van der Waals surface area contributed by atoms with Gasteiger partial charge in [-0.2, -0.15) is 0 Å². The summed E-state index contributed by atoms with van der Waals surface area (Å²) in [6, 6.07) is 0. The molecule has 0 fully saturated rings. The molecule has 0 aromatic rings. The molecule has 0 saturated carbocycles. The summed E-state index contributed by atoms with van der Waals surface area (Å²) in [7, 11) is 0.575. The third-order valence-corrected chi connectivity index (χ3v) is 1.80. The molecular weight excluding hydrogens is 191 g/mol. The summed E-state index contributed by atoms with van der Waals surface area (Å²) in [4.78, 5) is 11.1. The minimum absolute atomic E-state index is 0.410. The first-order valence-electron chi connectivity index (χ1n) is 4.86. The van der Waals surface area contributed by atoms with Crippen molar-refractivity contribution in [1.82, 2.24) is 0 Å². The highest BCUT2D eigenvalue weighted by Crippen LogP contribution is 2.18. The maximum Gasteiger partial charge on any atom is 0.329 e. The Balaban J connectivity index is 4.41. The van der Waals surface area contributed by atoms with Crippen LogP contribution in [0.2, 0.25) is 0 Å². The summed E-state index contributed by atoms with van der Waals surface area (Å²) >= 11 is 0. The highest BCUT2D eigenvalue weighted by molar-refractivity contribution is 6.43. The summed E-state index contributed by atoms with van der Waals surface area (Å²) in [5.74, 6) is -0.422. The number of hydrogen-bond donors (Lipinski definition) is 0. The molecule has 0 aromatic carbocycles. The summed E-state index contributed by atoms with van der Waals surface area (Å²) in [6.45, 7) is 14.4. The molecule has 0 aliphatic rings. The minimum atomic E-state index is -0.586. The fourth-order valence-corrected chi connectivity index (χ4v) is 1.64. The van der Waals surface area contributed by atoms with Crippen molar-refractivity contribution in [2.75, 3.05) is 0 Å². The molecular formula is C11H19BO3. The summed E-state index contributed by atoms with van der Waals surface area (Å²) in [5.41, 5.74) is -0.996. The molecule has 4 heteroatoms. The predicted octanol–water partition coefficient (Wildman–Crippen LogP) is 1.78. The van der Waals surface area contributed by atoms with Gasteiger partial charge in [0.25, 0.3) is 0 Å². The molecule has 0 unspecified atom stereocenters. The van der Waals surface area contributed by atoms with E-state index >= 15 is 0 Å². The first-order chi connectivity index (χ1) is 6.72. The number of ether oxygens (including phenoxy) is 2. The summed E-state index contributed by atoms with van der Waals surface area (Å²) in [5, 5.41) is 0. The van der Waals surface area contributed by atoms with Crippen LogP contribution in [0.3, 0.4) is 0 Å². The van der Waals surface area contributed by atoms with Crippen molar-refractivity contribution in [1.29, 1.82) is 0 Å². The molecule has 84 valence electrons. The van der Waals surface area contributed by atoms with E-state index in [9.17, 15) is 4.79 Å². The first kappa shape index (κ1) is 13.8. The van der Waals surface area contributed by atoms with Gasteiger partial charge in [0.15, 0.2) is 0 Å². The quantitative estimate of drug-likeness (QED) is 0.290. The Morgan fingerprint density at radius 3 is 2.13 bits per heavy atom. The molecule has 0 saturated heterocycles. The molecule has 0 aliphatic heterocycles. The van der Waals surface area contributed by atoms with Crippen molar-refractivity contribution >= 4 is 13.2 Å². The van der Waals surface area contributed by atoms with E-state index in [0.29, 0.717) is 7.28 Å². The molecule has 0 N–H and O–H groups in total. The van der Waals surface area contributed by atoms with E-state index < -0.39 is 17.0 Å². The van der Waals surface area contributed by atoms with Crippen LogP contribution < -0.4 is 0 Å². The van der Waals surface area contributed by atoms with Crippen molar-refractivity contribution in [3.63, 3.8) is 0 Å². The Labute approximate surface area is 92.4 Å². The second kappa shape index (κ2) is 5.05. The molecule has 0 heterocycles. The van der Waals surface area contributed by atoms with Crippen molar-refractivity contribution in [2.45, 2.75) is 38.7 Å². The van der Waals surface area contributed by atoms with Gasteiger partial charge < -0.3 is 9.47 Å². The van der Waals surface area contributed by atoms with Crippen LogP contribution in [-0.4, -0.2) is 24.2 Å². The fourth-order valence-electron chi connectivity index (χ4n) is 1.64. The number of carbonyl (C=O) groups is 1. The van der Waals surface area contributed by atoms with E-state index in [-0.39, 0.29) is 0 Å². The standard InChI is InChI=1S/C11H19BO3/c1-7-9(13)15-11(5,6)12-10(3,4)14-8-2/h7-8,12H,1-2H2,3-6H3. The van der Waals surface area contributed by atoms with Gasteiger partial charge in [-0.3, -0.25) is 0 Å². The second-order valence-corrected chi connectivity index (χ2v) is 4.61. The van der Waals surface area contributed by atoms with Crippen LogP contribution in [0.1, 0.15) is 27.7 Å². The largest absolute Gasteiger partial charge is 0.505 e. The van der Waals surface area contributed by atoms with Crippen LogP contribution in [0.25, 0.3) is 0 Å². The zero-order chi connectivity index (χ0) is 12.1. The molecule has 0 bridgehead atoms. The Morgan fingerprint density at radius 1 is 1.20 bits per heavy atom. The van der Waals surface area contributed by atoms with Gasteiger partial charge in [-0.25, -0.2) is 4.79 Å². The van der Waals surface area contributed by atoms with E-state index in [0.717, 1.165) is 6.08 Å². The van der Waals surface area contributed by atoms with Gasteiger partial charge in [0.1, 0.15) is 0 Å². The van der Waals surface area contributed by atoms with Gasteiger partial charge in [0, 0.05) is 6.08 Å². The number of esters is 1. The highest BCUT2D eigenvalue weighted by atomic mass is 16.6. The van der Waals surface area contributed by atoms with Gasteiger partial charge in [-0.05, 0) is 27.7 Å². The Morgan fingerprint density at radius 2 is 1.73 bits per heavy atom. The van der Waals surface area contributed by atoms with Crippen molar-refractivity contribution in [2.24, 2.45) is 0 Å². The first-order valence-corrected chi connectivity index (χ1v) is 4.86. The van der Waals surface area contributed by atoms with E-state index in [4.69, 9.17) is 9.47 Å². The Hall–Kier alpha value is -1.19. The lowest BCUT2D eigenvalue weighted by Gasteiger charge is -2.32. The maximum absolute atomic E-state index is 11.1. The highest BCUT2D eigenvalue weighted by Gasteiger charge is 2.34. The molecule has 0 aliphatic carbocycles. The number of carbonyl (C=O) groups excluding carboxylic acids is 1. The molecule has 0 rings (SSSR count). The van der Waals surface area contributed by atoms with Crippen LogP contribution in [0.5, 0.6) is 0 Å². The number of rotatable bonds is 6. The van der Waals surface area contributed by atoms with Crippen molar-refractivity contribution in [3.05, 3.63) is 25.5 Å². The molecule has 0 atom stereocenters. The third-order valence-electron chi connectivity index (χ3n) is 1.80. The van der Waals surface area contributed by atoms with Crippen molar-refractivity contribution < 1.29 is 14.3 Å². The SMILES string of the molecule is C=COC(C)(C)BC(C)(C)OC(=O)C=C. The lowest BCUT2D eigenvalue weighted by molar-refractivity contribution is -0.144. The van der Waals surface area contributed by atoms with Crippen LogP contribution >= 0.6 is 0 Å². The van der Waals surface area contributed by atoms with Crippen LogP contribution in [0.4, 0.5) is 0 Å². The molecule has 0 amide bonds. The zero-order valence-electron chi connectivity index (χ0n) is 10.0. The lowest BCUT2D eigenvalue weighted by atomic mass is 9.51. The number of hydrogen-bond acceptors (Lipinski definition) is 3. The topological polar surface area (TPSA) is 35.5 Å². The fraction of sp³-hybridized carbons (Fsp3) is 0.545. The molecule has 3 nitrogen and oxygen atoms in total. The van der Waals surface area contributed by atoms with E-state index in [1.165, 1.54) is 6.26 Å². The van der Waals surface area contributed by atoms with Crippen LogP contribution in [-0.2, 0) is 14.3 Å². The average Bonchev–Trinajstić information content (AvgIpc) is 2.00. The zero-order valence-corrected chi connectivity index (χ0v) is 10.0. The molecule has 15 heavy (non-hydrogen) atoms. The summed E-state index contributed by atoms with van der Waals surface area (Å²) < 4.78 is 10.5. The van der Waals surface area contributed by atoms with E-state index in [1.54, 1.807) is 0 Å². The van der Waals surface area contributed by atoms with Gasteiger partial charge in [-0.15, -0.1) is 0 Å². The second-order valence-electron chi connectivity index (χ2n) is 4.61. The summed E-state index contributed by atoms with van der Waals surface area (Å²) in [6.07, 6.45) is 2.55. The normalized spacial score (nSPS) is 11.5. The third kappa shape index (κ3) is 5.99. The van der Waals surface area contributed by atoms with Crippen LogP contribution in [0, 0.1) is 0 Å². The van der Waals surface area contributed by atoms with Crippen LogP contribution in [0.15, 0.2) is 25.5 Å². The maximum atomic E-state index is 11.1. The molecule has 0 aromatic heterocycles. The Bertz CT molecular complexity index is 257. The minimum Gasteiger partial charge on any atom is -0.505 e.